The monoisotopic (exact) mass is 286 g/mol. The molecule has 1 N–H and O–H groups in total. The normalized spacial score (nSPS) is 15.6. The van der Waals surface area contributed by atoms with E-state index < -0.39 is 17.3 Å². The molecule has 0 aliphatic carbocycles. The lowest BCUT2D eigenvalue weighted by atomic mass is 10.0. The first kappa shape index (κ1) is 16.4. The van der Waals surface area contributed by atoms with Crippen molar-refractivity contribution in [3.05, 3.63) is 29.8 Å². The van der Waals surface area contributed by atoms with Crippen LogP contribution in [0.4, 0.5) is 4.39 Å². The molecule has 0 fully saturated rings. The van der Waals surface area contributed by atoms with Crippen molar-refractivity contribution in [2.24, 2.45) is 5.92 Å². The van der Waals surface area contributed by atoms with Gasteiger partial charge in [0.25, 0.3) is 0 Å². The topological polar surface area (TPSA) is 48.0 Å². The van der Waals surface area contributed by atoms with Crippen LogP contribution in [-0.4, -0.2) is 14.3 Å². The second kappa shape index (κ2) is 6.68. The van der Waals surface area contributed by atoms with Gasteiger partial charge in [0.15, 0.2) is 0 Å². The van der Waals surface area contributed by atoms with E-state index in [0.29, 0.717) is 11.6 Å². The zero-order valence-corrected chi connectivity index (χ0v) is 13.1. The Hall–Kier alpha value is -0.650. The number of rotatable bonds is 5. The fourth-order valence-corrected chi connectivity index (χ4v) is 2.45. The third-order valence-electron chi connectivity index (χ3n) is 2.61. The Morgan fingerprint density at radius 3 is 2.47 bits per heavy atom. The lowest BCUT2D eigenvalue weighted by molar-refractivity contribution is 0.449. The fraction of sp³-hybridized carbons (Fsp3) is 0.643. The Morgan fingerprint density at radius 1 is 1.37 bits per heavy atom. The van der Waals surface area contributed by atoms with E-state index in [9.17, 15) is 8.94 Å². The first-order valence-electron chi connectivity index (χ1n) is 6.50. The van der Waals surface area contributed by atoms with Gasteiger partial charge in [-0.1, -0.05) is 19.9 Å². The van der Waals surface area contributed by atoms with E-state index in [1.54, 1.807) is 12.1 Å². The maximum atomic E-state index is 13.2. The average molecular weight is 286 g/mol. The van der Waals surface area contributed by atoms with E-state index in [0.717, 1.165) is 6.42 Å². The molecule has 0 aliphatic rings. The van der Waals surface area contributed by atoms with Gasteiger partial charge in [-0.25, -0.2) is 4.98 Å². The van der Waals surface area contributed by atoms with Crippen LogP contribution in [0.1, 0.15) is 52.8 Å². The van der Waals surface area contributed by atoms with Gasteiger partial charge in [0.05, 0.1) is 11.7 Å². The summed E-state index contributed by atoms with van der Waals surface area (Å²) in [7, 11) is 0. The van der Waals surface area contributed by atoms with Gasteiger partial charge in [0, 0.05) is 11.4 Å². The van der Waals surface area contributed by atoms with Crippen molar-refractivity contribution in [3.63, 3.8) is 0 Å². The molecular formula is C14H23FN2OS. The number of pyridine rings is 1. The Bertz CT molecular complexity index is 407. The number of nitrogens with zero attached hydrogens (tertiary/aromatic N) is 1. The van der Waals surface area contributed by atoms with Crippen LogP contribution in [0.5, 0.6) is 0 Å². The third-order valence-corrected chi connectivity index (χ3v) is 4.22. The number of hydrogen-bond donors (Lipinski definition) is 1. The maximum absolute atomic E-state index is 13.2. The van der Waals surface area contributed by atoms with Crippen molar-refractivity contribution in [2.75, 3.05) is 0 Å². The first-order chi connectivity index (χ1) is 8.70. The van der Waals surface area contributed by atoms with Crippen LogP contribution in [0.15, 0.2) is 18.2 Å². The predicted octanol–water partition coefficient (Wildman–Crippen LogP) is 3.36. The molecule has 0 amide bonds. The molecule has 1 aromatic heterocycles. The molecule has 1 heterocycles. The predicted molar refractivity (Wildman–Crippen MR) is 77.4 cm³/mol. The summed E-state index contributed by atoms with van der Waals surface area (Å²) in [5.74, 6) is -0.103. The molecule has 1 unspecified atom stereocenters. The molecule has 0 aliphatic heterocycles. The van der Waals surface area contributed by atoms with Crippen LogP contribution in [-0.2, 0) is 11.4 Å². The van der Waals surface area contributed by atoms with Crippen LogP contribution in [0.25, 0.3) is 0 Å². The van der Waals surface area contributed by atoms with Crippen LogP contribution in [0.3, 0.4) is 0 Å². The SMILES string of the molecule is CC(C)CC(N[S@+]([O-])C(C)(C)C)c1cccc(F)n1. The second-order valence-electron chi connectivity index (χ2n) is 6.07. The van der Waals surface area contributed by atoms with Gasteiger partial charge in [0.1, 0.15) is 4.75 Å². The number of hydrogen-bond acceptors (Lipinski definition) is 3. The summed E-state index contributed by atoms with van der Waals surface area (Å²) in [5, 5.41) is 0. The van der Waals surface area contributed by atoms with Crippen molar-refractivity contribution in [1.82, 2.24) is 9.71 Å². The first-order valence-corrected chi connectivity index (χ1v) is 7.65. The molecule has 0 bridgehead atoms. The maximum Gasteiger partial charge on any atom is 0.213 e. The average Bonchev–Trinajstić information content (AvgIpc) is 2.26. The molecule has 19 heavy (non-hydrogen) atoms. The van der Waals surface area contributed by atoms with Gasteiger partial charge in [-0.3, -0.25) is 0 Å². The second-order valence-corrected chi connectivity index (χ2v) is 8.06. The van der Waals surface area contributed by atoms with Crippen molar-refractivity contribution in [2.45, 2.75) is 51.8 Å². The van der Waals surface area contributed by atoms with Crippen LogP contribution >= 0.6 is 0 Å². The highest BCUT2D eigenvalue weighted by Gasteiger charge is 2.30. The highest BCUT2D eigenvalue weighted by atomic mass is 32.2. The molecule has 0 radical (unpaired) electrons. The van der Waals surface area contributed by atoms with E-state index in [-0.39, 0.29) is 10.8 Å². The number of nitrogens with one attached hydrogen (secondary N) is 1. The van der Waals surface area contributed by atoms with E-state index in [2.05, 4.69) is 23.6 Å². The summed E-state index contributed by atoms with van der Waals surface area (Å²) in [5.41, 5.74) is 0.603. The van der Waals surface area contributed by atoms with Gasteiger partial charge < -0.3 is 4.55 Å². The van der Waals surface area contributed by atoms with E-state index in [4.69, 9.17) is 0 Å². The quantitative estimate of drug-likeness (QED) is 0.667. The molecule has 0 spiro atoms. The van der Waals surface area contributed by atoms with Crippen molar-refractivity contribution < 1.29 is 8.94 Å². The molecule has 1 aromatic rings. The minimum atomic E-state index is -1.20. The summed E-state index contributed by atoms with van der Waals surface area (Å²) in [6.45, 7) is 9.87. The van der Waals surface area contributed by atoms with Gasteiger partial charge in [-0.15, -0.1) is 4.72 Å². The summed E-state index contributed by atoms with van der Waals surface area (Å²) >= 11 is -1.20. The van der Waals surface area contributed by atoms with E-state index in [1.165, 1.54) is 6.07 Å². The molecule has 0 aromatic carbocycles. The molecule has 108 valence electrons. The number of halogens is 1. The highest BCUT2D eigenvalue weighted by molar-refractivity contribution is 7.90. The Labute approximate surface area is 118 Å². The summed E-state index contributed by atoms with van der Waals surface area (Å²) in [6, 6.07) is 4.52. The lowest BCUT2D eigenvalue weighted by Gasteiger charge is -2.28. The van der Waals surface area contributed by atoms with E-state index in [1.807, 2.05) is 20.8 Å². The molecule has 5 heteroatoms. The largest absolute Gasteiger partial charge is 0.598 e. The van der Waals surface area contributed by atoms with Crippen molar-refractivity contribution in [1.29, 1.82) is 0 Å². The van der Waals surface area contributed by atoms with Gasteiger partial charge in [-0.05, 0) is 45.2 Å². The van der Waals surface area contributed by atoms with Gasteiger partial charge in [-0.2, -0.15) is 4.39 Å². The highest BCUT2D eigenvalue weighted by Crippen LogP contribution is 2.24. The van der Waals surface area contributed by atoms with E-state index >= 15 is 0 Å². The van der Waals surface area contributed by atoms with Gasteiger partial charge >= 0.3 is 0 Å². The Kier molecular flexibility index (Phi) is 5.77. The summed E-state index contributed by atoms with van der Waals surface area (Å²) < 4.78 is 28.1. The minimum Gasteiger partial charge on any atom is -0.598 e. The molecule has 3 nitrogen and oxygen atoms in total. The molecular weight excluding hydrogens is 263 g/mol. The van der Waals surface area contributed by atoms with Gasteiger partial charge in [0.2, 0.25) is 5.95 Å². The van der Waals surface area contributed by atoms with Crippen LogP contribution < -0.4 is 4.72 Å². The summed E-state index contributed by atoms with van der Waals surface area (Å²) in [4.78, 5) is 3.90. The molecule has 2 atom stereocenters. The lowest BCUT2D eigenvalue weighted by Crippen LogP contribution is -2.41. The summed E-state index contributed by atoms with van der Waals surface area (Å²) in [6.07, 6.45) is 0.762. The zero-order valence-electron chi connectivity index (χ0n) is 12.2. The number of aromatic nitrogens is 1. The van der Waals surface area contributed by atoms with Crippen molar-refractivity contribution in [3.8, 4) is 0 Å². The Morgan fingerprint density at radius 2 is 2.00 bits per heavy atom. The molecule has 0 saturated heterocycles. The fourth-order valence-electron chi connectivity index (χ4n) is 1.62. The third kappa shape index (κ3) is 5.47. The standard InChI is InChI=1S/C14H23FN2OS/c1-10(2)9-12(17-19(18)14(3,4)5)11-7-6-8-13(15)16-11/h6-8,10,12,17H,9H2,1-5H3/t12?,19-/m1/s1. The molecule has 0 saturated carbocycles. The van der Waals surface area contributed by atoms with Crippen LogP contribution in [0, 0.1) is 11.9 Å². The smallest absolute Gasteiger partial charge is 0.213 e. The zero-order chi connectivity index (χ0) is 14.6. The molecule has 1 rings (SSSR count). The minimum absolute atomic E-state index is 0.198. The Balaban J connectivity index is 2.89. The van der Waals surface area contributed by atoms with Crippen LogP contribution in [0.2, 0.25) is 0 Å². The van der Waals surface area contributed by atoms with Crippen molar-refractivity contribution >= 4 is 11.4 Å².